The van der Waals surface area contributed by atoms with Crippen LogP contribution in [0.3, 0.4) is 0 Å². The molecule has 4 heteroatoms. The van der Waals surface area contributed by atoms with E-state index >= 15 is 0 Å². The molecule has 0 atom stereocenters. The van der Waals surface area contributed by atoms with E-state index in [1.54, 1.807) is 7.11 Å². The molecule has 0 radical (unpaired) electrons. The van der Waals surface area contributed by atoms with Gasteiger partial charge < -0.3 is 5.11 Å². The maximum atomic E-state index is 9.00. The Morgan fingerprint density at radius 2 is 2.11 bits per heavy atom. The minimum atomic E-state index is -0.833. The summed E-state index contributed by atoms with van der Waals surface area (Å²) >= 11 is 0.948. The Morgan fingerprint density at radius 1 is 1.78 bits per heavy atom. The van der Waals surface area contributed by atoms with Crippen LogP contribution < -0.4 is 0 Å². The fourth-order valence-electron chi connectivity index (χ4n) is 0.144. The van der Waals surface area contributed by atoms with Crippen LogP contribution in [0.5, 0.6) is 0 Å². The van der Waals surface area contributed by atoms with Crippen LogP contribution in [-0.4, -0.2) is 24.8 Å². The average molecular weight is 320 g/mol. The van der Waals surface area contributed by atoms with E-state index in [4.69, 9.17) is 14.6 Å². The Hall–Kier alpha value is 0.365. The normalized spacial score (nSPS) is 7.56. The van der Waals surface area contributed by atoms with Crippen LogP contribution in [0.25, 0.3) is 0 Å². The van der Waals surface area contributed by atoms with Crippen molar-refractivity contribution in [2.45, 2.75) is 10.9 Å². The molecule has 0 aliphatic rings. The van der Waals surface area contributed by atoms with Crippen molar-refractivity contribution in [3.63, 3.8) is 0 Å². The van der Waals surface area contributed by atoms with Gasteiger partial charge in [0.25, 0.3) is 5.97 Å². The van der Waals surface area contributed by atoms with Gasteiger partial charge in [-0.3, -0.25) is 4.79 Å². The van der Waals surface area contributed by atoms with Crippen molar-refractivity contribution in [2.75, 3.05) is 13.7 Å². The summed E-state index contributed by atoms with van der Waals surface area (Å²) in [6, 6.07) is 0. The Bertz CT molecular complexity index is 59.2. The SMILES string of the molecule is CC(=O)O.COC[CH2][Hg]. The fraction of sp³-hybridized carbons (Fsp3) is 0.800. The molecule has 0 amide bonds. The second kappa shape index (κ2) is 11.2. The van der Waals surface area contributed by atoms with Crippen LogP contribution in [-0.2, 0) is 35.7 Å². The third kappa shape index (κ3) is 60.6. The van der Waals surface area contributed by atoms with Crippen LogP contribution in [0.2, 0.25) is 3.93 Å². The van der Waals surface area contributed by atoms with Gasteiger partial charge in [0, 0.05) is 6.92 Å². The third-order valence-electron chi connectivity index (χ3n) is 0.348. The van der Waals surface area contributed by atoms with Gasteiger partial charge in [-0.2, -0.15) is 0 Å². The molecule has 0 saturated heterocycles. The van der Waals surface area contributed by atoms with Crippen LogP contribution >= 0.6 is 0 Å². The van der Waals surface area contributed by atoms with E-state index in [1.165, 1.54) is 3.93 Å². The van der Waals surface area contributed by atoms with E-state index < -0.39 is 5.97 Å². The summed E-state index contributed by atoms with van der Waals surface area (Å²) in [6.07, 6.45) is 0. The standard InChI is InChI=1S/C3H7O.C2H4O2.Hg/c1-3-4-2;1-2(3)4;/h1,3H2,2H3;1H3,(H,3,4);. The van der Waals surface area contributed by atoms with Crippen molar-refractivity contribution in [3.8, 4) is 0 Å². The molecular formula is C5H11HgO3. The maximum absolute atomic E-state index is 9.00. The molecule has 0 spiro atoms. The topological polar surface area (TPSA) is 46.5 Å². The second-order valence-corrected chi connectivity index (χ2v) is 4.11. The minimum absolute atomic E-state index is 0.833. The molecule has 0 rings (SSSR count). The summed E-state index contributed by atoms with van der Waals surface area (Å²) < 4.78 is 6.06. The van der Waals surface area contributed by atoms with E-state index in [1.807, 2.05) is 0 Å². The molecule has 0 aromatic rings. The summed E-state index contributed by atoms with van der Waals surface area (Å²) in [4.78, 5) is 9.00. The molecule has 0 bridgehead atoms. The molecule has 0 fully saturated rings. The zero-order valence-corrected chi connectivity index (χ0v) is 11.4. The van der Waals surface area contributed by atoms with Crippen molar-refractivity contribution in [2.24, 2.45) is 0 Å². The number of aliphatic carboxylic acids is 1. The van der Waals surface area contributed by atoms with Crippen molar-refractivity contribution in [1.82, 2.24) is 0 Å². The predicted molar refractivity (Wildman–Crippen MR) is 30.0 cm³/mol. The number of methoxy groups -OCH3 is 1. The number of carbonyl (C=O) groups is 1. The molecule has 3 nitrogen and oxygen atoms in total. The first-order chi connectivity index (χ1) is 4.15. The van der Waals surface area contributed by atoms with Gasteiger partial charge >= 0.3 is 48.5 Å². The van der Waals surface area contributed by atoms with Gasteiger partial charge in [-0.25, -0.2) is 0 Å². The average Bonchev–Trinajstić information content (AvgIpc) is 1.66. The molecule has 0 aromatic heterocycles. The number of ether oxygens (including phenoxy) is 1. The predicted octanol–water partition coefficient (Wildman–Crippen LogP) is 0.689. The van der Waals surface area contributed by atoms with Crippen molar-refractivity contribution < 1.29 is 40.8 Å². The molecule has 51 valence electrons. The fourth-order valence-corrected chi connectivity index (χ4v) is 1.27. The summed E-state index contributed by atoms with van der Waals surface area (Å²) in [5.74, 6) is -0.833. The van der Waals surface area contributed by atoms with Gasteiger partial charge in [-0.1, -0.05) is 0 Å². The van der Waals surface area contributed by atoms with Crippen LogP contribution in [0.1, 0.15) is 6.92 Å². The first-order valence-electron chi connectivity index (χ1n) is 2.62. The molecular weight excluding hydrogens is 309 g/mol. The number of carboxylic acids is 1. The molecule has 1 N–H and O–H groups in total. The molecule has 0 aliphatic carbocycles. The third-order valence-corrected chi connectivity index (χ3v) is 1.47. The molecule has 0 aliphatic heterocycles. The zero-order chi connectivity index (χ0) is 7.70. The molecule has 0 unspecified atom stereocenters. The number of rotatable bonds is 2. The van der Waals surface area contributed by atoms with Gasteiger partial charge in [0.2, 0.25) is 0 Å². The van der Waals surface area contributed by atoms with Gasteiger partial charge in [-0.05, 0) is 0 Å². The Morgan fingerprint density at radius 3 is 2.11 bits per heavy atom. The van der Waals surface area contributed by atoms with Gasteiger partial charge in [0.1, 0.15) is 0 Å². The number of hydrogen-bond donors (Lipinski definition) is 1. The summed E-state index contributed by atoms with van der Waals surface area (Å²) in [7, 11) is 1.74. The summed E-state index contributed by atoms with van der Waals surface area (Å²) in [5, 5.41) is 7.42. The number of carboxylic acid groups (broad SMARTS) is 1. The summed E-state index contributed by atoms with van der Waals surface area (Å²) in [5.41, 5.74) is 0. The van der Waals surface area contributed by atoms with E-state index in [-0.39, 0.29) is 0 Å². The van der Waals surface area contributed by atoms with Crippen LogP contribution in [0.4, 0.5) is 0 Å². The Balaban J connectivity index is 0. The van der Waals surface area contributed by atoms with Crippen LogP contribution in [0.15, 0.2) is 0 Å². The van der Waals surface area contributed by atoms with Crippen molar-refractivity contribution in [3.05, 3.63) is 0 Å². The van der Waals surface area contributed by atoms with Gasteiger partial charge in [0.05, 0.1) is 0 Å². The monoisotopic (exact) mass is 321 g/mol. The second-order valence-electron chi connectivity index (χ2n) is 1.37. The Labute approximate surface area is 71.4 Å². The van der Waals surface area contributed by atoms with Gasteiger partial charge in [0.15, 0.2) is 0 Å². The zero-order valence-electron chi connectivity index (χ0n) is 5.89. The van der Waals surface area contributed by atoms with Gasteiger partial charge in [-0.15, -0.1) is 0 Å². The molecule has 9 heavy (non-hydrogen) atoms. The molecule has 0 heterocycles. The molecule has 0 aromatic carbocycles. The van der Waals surface area contributed by atoms with E-state index in [2.05, 4.69) is 0 Å². The molecule has 0 saturated carbocycles. The van der Waals surface area contributed by atoms with Crippen LogP contribution in [0, 0.1) is 0 Å². The number of hydrogen-bond acceptors (Lipinski definition) is 2. The Kier molecular flexibility index (Phi) is 15.0. The first-order valence-corrected chi connectivity index (χ1v) is 6.51. The van der Waals surface area contributed by atoms with E-state index in [9.17, 15) is 0 Å². The van der Waals surface area contributed by atoms with E-state index in [0.717, 1.165) is 39.7 Å². The van der Waals surface area contributed by atoms with E-state index in [0.29, 0.717) is 0 Å². The van der Waals surface area contributed by atoms with Crippen molar-refractivity contribution in [1.29, 1.82) is 0 Å². The van der Waals surface area contributed by atoms with Crippen molar-refractivity contribution >= 4 is 5.97 Å². The quantitative estimate of drug-likeness (QED) is 0.762. The first kappa shape index (κ1) is 12.1. The summed E-state index contributed by atoms with van der Waals surface area (Å²) in [6.45, 7) is 2.06.